The Morgan fingerprint density at radius 3 is 2.80 bits per heavy atom. The van der Waals surface area contributed by atoms with Crippen LogP contribution in [0.4, 0.5) is 5.69 Å². The van der Waals surface area contributed by atoms with Crippen molar-refractivity contribution < 1.29 is 9.53 Å². The molecule has 5 nitrogen and oxygen atoms in total. The molecule has 0 fully saturated rings. The number of anilines is 1. The summed E-state index contributed by atoms with van der Waals surface area (Å²) >= 11 is 0. The van der Waals surface area contributed by atoms with E-state index in [0.29, 0.717) is 23.5 Å². The lowest BCUT2D eigenvalue weighted by Gasteiger charge is -2.34. The van der Waals surface area contributed by atoms with Crippen molar-refractivity contribution in [3.05, 3.63) is 23.8 Å². The van der Waals surface area contributed by atoms with Crippen LogP contribution in [-0.4, -0.2) is 56.0 Å². The predicted molar refractivity (Wildman–Crippen MR) is 79.9 cm³/mol. The fourth-order valence-corrected chi connectivity index (χ4v) is 2.54. The van der Waals surface area contributed by atoms with Gasteiger partial charge in [0, 0.05) is 26.1 Å². The number of carbonyl (C=O) groups excluding carboxylic acids is 1. The molecule has 0 radical (unpaired) electrons. The number of likely N-dealkylation sites (N-methyl/N-ethyl adjacent to an activating group) is 1. The summed E-state index contributed by atoms with van der Waals surface area (Å²) in [6, 6.07) is 5.33. The van der Waals surface area contributed by atoms with E-state index < -0.39 is 0 Å². The van der Waals surface area contributed by atoms with E-state index in [2.05, 4.69) is 11.8 Å². The summed E-state index contributed by atoms with van der Waals surface area (Å²) in [5.74, 6) is 0.712. The van der Waals surface area contributed by atoms with Crippen molar-refractivity contribution in [2.75, 3.05) is 40.0 Å². The van der Waals surface area contributed by atoms with Gasteiger partial charge in [-0.1, -0.05) is 13.0 Å². The molecule has 0 bridgehead atoms. The Labute approximate surface area is 120 Å². The van der Waals surface area contributed by atoms with Crippen molar-refractivity contribution in [1.82, 2.24) is 9.80 Å². The molecule has 1 heterocycles. The quantitative estimate of drug-likeness (QED) is 0.828. The Bertz CT molecular complexity index is 502. The highest BCUT2D eigenvalue weighted by molar-refractivity contribution is 5.98. The zero-order chi connectivity index (χ0) is 14.9. The van der Waals surface area contributed by atoms with E-state index >= 15 is 0 Å². The van der Waals surface area contributed by atoms with Crippen molar-refractivity contribution in [3.63, 3.8) is 0 Å². The molecule has 0 saturated heterocycles. The van der Waals surface area contributed by atoms with Crippen molar-refractivity contribution in [3.8, 4) is 5.75 Å². The number of fused-ring (bicyclic) bond motifs is 1. The van der Waals surface area contributed by atoms with E-state index in [1.165, 1.54) is 0 Å². The molecule has 2 N–H and O–H groups in total. The third-order valence-corrected chi connectivity index (χ3v) is 3.63. The third kappa shape index (κ3) is 2.88. The van der Waals surface area contributed by atoms with Crippen LogP contribution in [0.25, 0.3) is 0 Å². The van der Waals surface area contributed by atoms with Gasteiger partial charge in [0.15, 0.2) is 5.75 Å². The molecule has 0 unspecified atom stereocenters. The Kier molecular flexibility index (Phi) is 4.18. The molecule has 0 aromatic heterocycles. The van der Waals surface area contributed by atoms with E-state index in [0.717, 1.165) is 6.54 Å². The molecule has 1 aliphatic heterocycles. The van der Waals surface area contributed by atoms with Gasteiger partial charge in [0.25, 0.3) is 5.91 Å². The van der Waals surface area contributed by atoms with Gasteiger partial charge in [0.05, 0.1) is 11.3 Å². The number of amides is 1. The Balaban J connectivity index is 2.43. The molecular formula is C15H23N3O2. The highest BCUT2D eigenvalue weighted by atomic mass is 16.5. The number of nitrogens with two attached hydrogens (primary N) is 1. The molecule has 0 saturated carbocycles. The zero-order valence-electron chi connectivity index (χ0n) is 12.6. The van der Waals surface area contributed by atoms with Crippen LogP contribution in [0.3, 0.4) is 0 Å². The summed E-state index contributed by atoms with van der Waals surface area (Å²) in [7, 11) is 5.85. The van der Waals surface area contributed by atoms with Gasteiger partial charge < -0.3 is 20.3 Å². The summed E-state index contributed by atoms with van der Waals surface area (Å²) < 4.78 is 6.10. The van der Waals surface area contributed by atoms with Crippen LogP contribution < -0.4 is 10.5 Å². The first-order valence-corrected chi connectivity index (χ1v) is 6.85. The van der Waals surface area contributed by atoms with Crippen LogP contribution in [0, 0.1) is 5.92 Å². The molecule has 1 aromatic rings. The largest absolute Gasteiger partial charge is 0.486 e. The number of nitrogen functional groups attached to an aromatic ring is 1. The highest BCUT2D eigenvalue weighted by Gasteiger charge is 2.30. The normalized spacial score (nSPS) is 23.1. The van der Waals surface area contributed by atoms with Crippen molar-refractivity contribution in [1.29, 1.82) is 0 Å². The monoisotopic (exact) mass is 277 g/mol. The zero-order valence-corrected chi connectivity index (χ0v) is 12.6. The molecule has 0 aliphatic carbocycles. The average molecular weight is 277 g/mol. The van der Waals surface area contributed by atoms with E-state index in [1.54, 1.807) is 23.1 Å². The van der Waals surface area contributed by atoms with Crippen molar-refractivity contribution in [2.24, 2.45) is 5.92 Å². The minimum Gasteiger partial charge on any atom is -0.486 e. The summed E-state index contributed by atoms with van der Waals surface area (Å²) in [6.45, 7) is 3.56. The van der Waals surface area contributed by atoms with Crippen LogP contribution in [0.2, 0.25) is 0 Å². The number of benzene rings is 1. The second-order valence-corrected chi connectivity index (χ2v) is 5.81. The van der Waals surface area contributed by atoms with Gasteiger partial charge in [-0.3, -0.25) is 4.79 Å². The molecule has 20 heavy (non-hydrogen) atoms. The molecule has 110 valence electrons. The Hall–Kier alpha value is -1.75. The first kappa shape index (κ1) is 14.7. The minimum absolute atomic E-state index is 0.00370. The fraction of sp³-hybridized carbons (Fsp3) is 0.533. The molecule has 1 aliphatic rings. The van der Waals surface area contributed by atoms with Crippen LogP contribution in [0.1, 0.15) is 17.3 Å². The number of rotatable bonds is 2. The van der Waals surface area contributed by atoms with Crippen LogP contribution >= 0.6 is 0 Å². The van der Waals surface area contributed by atoms with Crippen molar-refractivity contribution >= 4 is 11.6 Å². The lowest BCUT2D eigenvalue weighted by molar-refractivity contribution is 0.0578. The van der Waals surface area contributed by atoms with Gasteiger partial charge >= 0.3 is 0 Å². The minimum atomic E-state index is -0.0394. The number of ether oxygens (including phenoxy) is 1. The summed E-state index contributed by atoms with van der Waals surface area (Å²) in [6.07, 6.45) is 0.00370. The van der Waals surface area contributed by atoms with Gasteiger partial charge in [-0.05, 0) is 26.2 Å². The number of para-hydroxylation sites is 1. The average Bonchev–Trinajstić information content (AvgIpc) is 2.37. The molecule has 2 atom stereocenters. The molecule has 2 rings (SSSR count). The van der Waals surface area contributed by atoms with Gasteiger partial charge in [-0.25, -0.2) is 0 Å². The van der Waals surface area contributed by atoms with Gasteiger partial charge in [0.1, 0.15) is 6.10 Å². The lowest BCUT2D eigenvalue weighted by atomic mass is 10.0. The summed E-state index contributed by atoms with van der Waals surface area (Å²) in [5.41, 5.74) is 7.06. The Morgan fingerprint density at radius 1 is 1.45 bits per heavy atom. The topological polar surface area (TPSA) is 58.8 Å². The van der Waals surface area contributed by atoms with E-state index in [1.807, 2.05) is 21.1 Å². The van der Waals surface area contributed by atoms with Crippen LogP contribution in [0.15, 0.2) is 18.2 Å². The molecule has 5 heteroatoms. The summed E-state index contributed by atoms with van der Waals surface area (Å²) in [4.78, 5) is 16.2. The van der Waals surface area contributed by atoms with Crippen LogP contribution in [0.5, 0.6) is 5.75 Å². The van der Waals surface area contributed by atoms with E-state index in [9.17, 15) is 4.79 Å². The third-order valence-electron chi connectivity index (χ3n) is 3.63. The molecule has 1 amide bonds. The number of hydrogen-bond donors (Lipinski definition) is 1. The summed E-state index contributed by atoms with van der Waals surface area (Å²) in [5, 5.41) is 0. The maximum Gasteiger partial charge on any atom is 0.257 e. The van der Waals surface area contributed by atoms with Crippen molar-refractivity contribution in [2.45, 2.75) is 13.0 Å². The SMILES string of the molecule is C[C@@H]1CN(C)C(=O)c2cccc(N)c2O[C@@H]1CN(C)C. The number of nitrogens with zero attached hydrogens (tertiary/aromatic N) is 2. The van der Waals surface area contributed by atoms with Gasteiger partial charge in [-0.15, -0.1) is 0 Å². The van der Waals surface area contributed by atoms with Crippen LogP contribution in [-0.2, 0) is 0 Å². The molecular weight excluding hydrogens is 254 g/mol. The molecule has 1 aromatic carbocycles. The second kappa shape index (κ2) is 5.71. The lowest BCUT2D eigenvalue weighted by Crippen LogP contribution is -2.44. The standard InChI is InChI=1S/C15H23N3O2/c1-10-8-18(4)15(19)11-6-5-7-12(16)14(11)20-13(10)9-17(2)3/h5-7,10,13H,8-9,16H2,1-4H3/t10-,13-/m1/s1. The Morgan fingerprint density at radius 2 is 2.15 bits per heavy atom. The first-order chi connectivity index (χ1) is 9.40. The molecule has 0 spiro atoms. The van der Waals surface area contributed by atoms with E-state index in [-0.39, 0.29) is 17.9 Å². The number of carbonyl (C=O) groups is 1. The predicted octanol–water partition coefficient (Wildman–Crippen LogP) is 1.30. The van der Waals surface area contributed by atoms with Gasteiger partial charge in [-0.2, -0.15) is 0 Å². The fourth-order valence-electron chi connectivity index (χ4n) is 2.54. The van der Waals surface area contributed by atoms with E-state index in [4.69, 9.17) is 10.5 Å². The second-order valence-electron chi connectivity index (χ2n) is 5.81. The smallest absolute Gasteiger partial charge is 0.257 e. The maximum atomic E-state index is 12.4. The van der Waals surface area contributed by atoms with Gasteiger partial charge in [0.2, 0.25) is 0 Å². The maximum absolute atomic E-state index is 12.4. The number of hydrogen-bond acceptors (Lipinski definition) is 4. The first-order valence-electron chi connectivity index (χ1n) is 6.85. The highest BCUT2D eigenvalue weighted by Crippen LogP contribution is 2.31.